The number of rotatable bonds is 6. The Hall–Kier alpha value is -3.34. The number of imidazole rings is 1. The fourth-order valence-corrected chi connectivity index (χ4v) is 5.36. The maximum atomic E-state index is 12.5. The molecule has 5 rings (SSSR count). The average molecular weight is 453 g/mol. The third-order valence-electron chi connectivity index (χ3n) is 5.51. The van der Waals surface area contributed by atoms with Gasteiger partial charge in [-0.15, -0.1) is 0 Å². The van der Waals surface area contributed by atoms with Crippen LogP contribution in [0, 0.1) is 13.8 Å². The van der Waals surface area contributed by atoms with Gasteiger partial charge in [0, 0.05) is 18.3 Å². The molecule has 1 fully saturated rings. The van der Waals surface area contributed by atoms with E-state index < -0.39 is 10.0 Å². The molecule has 166 valence electrons. The summed E-state index contributed by atoms with van der Waals surface area (Å²) < 4.78 is 28.2. The summed E-state index contributed by atoms with van der Waals surface area (Å²) in [5, 5.41) is 7.08. The highest BCUT2D eigenvalue weighted by Gasteiger charge is 2.38. The van der Waals surface area contributed by atoms with Crippen molar-refractivity contribution in [1.29, 1.82) is 0 Å². The van der Waals surface area contributed by atoms with E-state index in [1.165, 1.54) is 6.20 Å². The van der Waals surface area contributed by atoms with Gasteiger partial charge in [0.05, 0.1) is 34.4 Å². The first kappa shape index (κ1) is 20.6. The standard InChI is InChI=1S/C21H24N8O2S/c1-12(2)29-14(4)24-17-10-23-20(9-18(17)29)25-19-7-8-22-21(26-19)16-11-28(27-13(16)3)32(30,31)15-5-6-15/h7-12,15H,5-6H2,1-4H3,(H,22,23,25,26). The minimum absolute atomic E-state index is 0.271. The summed E-state index contributed by atoms with van der Waals surface area (Å²) >= 11 is 0. The normalized spacial score (nSPS) is 14.4. The van der Waals surface area contributed by atoms with Crippen molar-refractivity contribution < 1.29 is 8.42 Å². The number of hydrogen-bond acceptors (Lipinski definition) is 8. The van der Waals surface area contributed by atoms with E-state index in [0.29, 0.717) is 41.6 Å². The Morgan fingerprint density at radius 3 is 2.62 bits per heavy atom. The Morgan fingerprint density at radius 2 is 1.91 bits per heavy atom. The van der Waals surface area contributed by atoms with Gasteiger partial charge >= 0.3 is 0 Å². The number of nitrogens with one attached hydrogen (secondary N) is 1. The van der Waals surface area contributed by atoms with Crippen molar-refractivity contribution in [3.8, 4) is 11.4 Å². The van der Waals surface area contributed by atoms with Gasteiger partial charge in [0.1, 0.15) is 23.0 Å². The maximum absolute atomic E-state index is 12.5. The smallest absolute Gasteiger partial charge is 0.256 e. The average Bonchev–Trinajstić information content (AvgIpc) is 3.45. The van der Waals surface area contributed by atoms with Crippen LogP contribution in [0.15, 0.2) is 30.7 Å². The summed E-state index contributed by atoms with van der Waals surface area (Å²) in [5.41, 5.74) is 2.97. The molecule has 0 aromatic carbocycles. The van der Waals surface area contributed by atoms with Gasteiger partial charge in [0.25, 0.3) is 10.0 Å². The van der Waals surface area contributed by atoms with Crippen molar-refractivity contribution in [3.05, 3.63) is 42.2 Å². The lowest BCUT2D eigenvalue weighted by molar-refractivity contribution is 0.578. The minimum atomic E-state index is -3.45. The van der Waals surface area contributed by atoms with Crippen molar-refractivity contribution in [2.75, 3.05) is 5.32 Å². The Kier molecular flexibility index (Phi) is 4.73. The predicted octanol–water partition coefficient (Wildman–Crippen LogP) is 3.37. The highest BCUT2D eigenvalue weighted by molar-refractivity contribution is 7.90. The van der Waals surface area contributed by atoms with Crippen LogP contribution in [-0.2, 0) is 10.0 Å². The van der Waals surface area contributed by atoms with E-state index in [1.807, 2.05) is 13.0 Å². The lowest BCUT2D eigenvalue weighted by atomic mass is 10.2. The minimum Gasteiger partial charge on any atom is -0.326 e. The molecule has 0 radical (unpaired) electrons. The molecule has 4 aromatic rings. The highest BCUT2D eigenvalue weighted by Crippen LogP contribution is 2.31. The van der Waals surface area contributed by atoms with Crippen LogP contribution in [0.25, 0.3) is 22.4 Å². The number of nitrogens with zero attached hydrogens (tertiary/aromatic N) is 7. The molecular formula is C21H24N8O2S. The number of pyridine rings is 1. The molecule has 0 atom stereocenters. The lowest BCUT2D eigenvalue weighted by Crippen LogP contribution is -2.17. The van der Waals surface area contributed by atoms with E-state index in [4.69, 9.17) is 0 Å². The Bertz CT molecular complexity index is 1430. The molecule has 10 nitrogen and oxygen atoms in total. The van der Waals surface area contributed by atoms with Gasteiger partial charge in [-0.05, 0) is 46.6 Å². The third kappa shape index (κ3) is 3.52. The monoisotopic (exact) mass is 452 g/mol. The van der Waals surface area contributed by atoms with Crippen LogP contribution in [-0.4, -0.2) is 47.4 Å². The van der Waals surface area contributed by atoms with E-state index in [0.717, 1.165) is 20.9 Å². The molecule has 0 bridgehead atoms. The summed E-state index contributed by atoms with van der Waals surface area (Å²) in [5.74, 6) is 2.51. The van der Waals surface area contributed by atoms with Crippen LogP contribution >= 0.6 is 0 Å². The van der Waals surface area contributed by atoms with E-state index in [2.05, 4.69) is 48.8 Å². The topological polar surface area (TPSA) is 120 Å². The molecule has 11 heteroatoms. The molecule has 0 spiro atoms. The summed E-state index contributed by atoms with van der Waals surface area (Å²) in [7, 11) is -3.45. The fraction of sp³-hybridized carbons (Fsp3) is 0.381. The van der Waals surface area contributed by atoms with Gasteiger partial charge in [-0.2, -0.15) is 9.19 Å². The van der Waals surface area contributed by atoms with Crippen LogP contribution in [0.5, 0.6) is 0 Å². The van der Waals surface area contributed by atoms with E-state index >= 15 is 0 Å². The van der Waals surface area contributed by atoms with E-state index in [9.17, 15) is 8.42 Å². The summed E-state index contributed by atoms with van der Waals surface area (Å²) in [6.07, 6.45) is 6.22. The number of aryl methyl sites for hydroxylation is 2. The van der Waals surface area contributed by atoms with Gasteiger partial charge < -0.3 is 9.88 Å². The molecule has 0 saturated heterocycles. The maximum Gasteiger partial charge on any atom is 0.256 e. The predicted molar refractivity (Wildman–Crippen MR) is 121 cm³/mol. The molecule has 1 aliphatic carbocycles. The molecular weight excluding hydrogens is 428 g/mol. The van der Waals surface area contributed by atoms with Gasteiger partial charge in [0.2, 0.25) is 0 Å². The number of fused-ring (bicyclic) bond motifs is 1. The summed E-state index contributed by atoms with van der Waals surface area (Å²) in [6, 6.07) is 3.95. The van der Waals surface area contributed by atoms with Crippen molar-refractivity contribution in [3.63, 3.8) is 0 Å². The molecule has 4 aromatic heterocycles. The second-order valence-electron chi connectivity index (χ2n) is 8.32. The van der Waals surface area contributed by atoms with E-state index in [-0.39, 0.29) is 11.3 Å². The zero-order valence-electron chi connectivity index (χ0n) is 18.3. The zero-order valence-corrected chi connectivity index (χ0v) is 19.1. The first-order valence-corrected chi connectivity index (χ1v) is 12.0. The van der Waals surface area contributed by atoms with Gasteiger partial charge in [0.15, 0.2) is 5.82 Å². The molecule has 1 N–H and O–H groups in total. The van der Waals surface area contributed by atoms with Crippen LogP contribution in [0.3, 0.4) is 0 Å². The molecule has 0 aliphatic heterocycles. The van der Waals surface area contributed by atoms with Crippen LogP contribution < -0.4 is 5.32 Å². The quantitative estimate of drug-likeness (QED) is 0.473. The molecule has 32 heavy (non-hydrogen) atoms. The summed E-state index contributed by atoms with van der Waals surface area (Å²) in [6.45, 7) is 7.97. The first-order valence-electron chi connectivity index (χ1n) is 10.5. The molecule has 0 amide bonds. The Labute approximate surface area is 185 Å². The van der Waals surface area contributed by atoms with Crippen LogP contribution in [0.4, 0.5) is 11.6 Å². The van der Waals surface area contributed by atoms with Crippen molar-refractivity contribution in [2.45, 2.75) is 51.8 Å². The zero-order chi connectivity index (χ0) is 22.6. The van der Waals surface area contributed by atoms with Crippen molar-refractivity contribution in [1.82, 2.24) is 33.7 Å². The van der Waals surface area contributed by atoms with Gasteiger partial charge in [-0.3, -0.25) is 0 Å². The SMILES string of the molecule is Cc1nn(S(=O)(=O)C2CC2)cc1-c1nccc(Nc2cc3c(cn2)nc(C)n3C(C)C)n1. The highest BCUT2D eigenvalue weighted by atomic mass is 32.2. The van der Waals surface area contributed by atoms with Crippen LogP contribution in [0.2, 0.25) is 0 Å². The number of anilines is 2. The molecule has 0 unspecified atom stereocenters. The molecule has 4 heterocycles. The van der Waals surface area contributed by atoms with Gasteiger partial charge in [-0.1, -0.05) is 0 Å². The second-order valence-corrected chi connectivity index (χ2v) is 10.4. The first-order chi connectivity index (χ1) is 15.2. The fourth-order valence-electron chi connectivity index (χ4n) is 3.83. The number of hydrogen-bond donors (Lipinski definition) is 1. The molecule has 1 saturated carbocycles. The Balaban J connectivity index is 1.47. The van der Waals surface area contributed by atoms with Gasteiger partial charge in [-0.25, -0.2) is 28.4 Å². The van der Waals surface area contributed by atoms with Crippen LogP contribution in [0.1, 0.15) is 44.2 Å². The second kappa shape index (κ2) is 7.37. The number of aromatic nitrogens is 7. The van der Waals surface area contributed by atoms with E-state index in [1.54, 1.807) is 25.4 Å². The van der Waals surface area contributed by atoms with Crippen molar-refractivity contribution in [2.24, 2.45) is 0 Å². The Morgan fingerprint density at radius 1 is 1.12 bits per heavy atom. The molecule has 1 aliphatic rings. The lowest BCUT2D eigenvalue weighted by Gasteiger charge is -2.11. The summed E-state index contributed by atoms with van der Waals surface area (Å²) in [4.78, 5) is 17.9. The van der Waals surface area contributed by atoms with Crippen molar-refractivity contribution >= 4 is 32.7 Å². The largest absolute Gasteiger partial charge is 0.326 e. The third-order valence-corrected chi connectivity index (χ3v) is 7.53.